The lowest BCUT2D eigenvalue weighted by molar-refractivity contribution is -0.121. The Labute approximate surface area is 188 Å². The molecule has 0 spiro atoms. The Hall–Kier alpha value is -2.25. The van der Waals surface area contributed by atoms with Crippen molar-refractivity contribution in [2.45, 2.75) is 78.9 Å². The summed E-state index contributed by atoms with van der Waals surface area (Å²) in [5.41, 5.74) is 6.60. The summed E-state index contributed by atoms with van der Waals surface area (Å²) in [6.07, 6.45) is 3.48. The van der Waals surface area contributed by atoms with Gasteiger partial charge in [0.2, 0.25) is 5.91 Å². The van der Waals surface area contributed by atoms with E-state index in [0.717, 1.165) is 47.8 Å². The monoisotopic (exact) mass is 439 g/mol. The normalized spacial score (nSPS) is 17.2. The average molecular weight is 440 g/mol. The second-order valence-electron chi connectivity index (χ2n) is 9.02. The van der Waals surface area contributed by atoms with Crippen molar-refractivity contribution in [2.75, 3.05) is 6.54 Å². The van der Waals surface area contributed by atoms with Crippen molar-refractivity contribution in [1.29, 1.82) is 0 Å². The van der Waals surface area contributed by atoms with Crippen molar-refractivity contribution in [1.82, 2.24) is 24.8 Å². The maximum Gasteiger partial charge on any atom is 0.220 e. The summed E-state index contributed by atoms with van der Waals surface area (Å²) in [6, 6.07) is 4.94. The number of rotatable bonds is 7. The molecule has 0 radical (unpaired) electrons. The Morgan fingerprint density at radius 3 is 2.81 bits per heavy atom. The molecule has 0 aromatic carbocycles. The predicted octanol–water partition coefficient (Wildman–Crippen LogP) is 4.51. The quantitative estimate of drug-likeness (QED) is 0.588. The minimum absolute atomic E-state index is 0.0836. The first-order valence-electron chi connectivity index (χ1n) is 11.2. The standard InChI is InChI=1S/C24H33N5OS/c1-15(2)25-24(30)9-8-20-17(4)26-23-12-21(27-29(23)18(20)5)22-7-6-10-28(22)13-19-11-16(3)31-14-19/h11-12,14-15,22H,6-10,13H2,1-5H3,(H,25,30). The Morgan fingerprint density at radius 1 is 1.29 bits per heavy atom. The van der Waals surface area contributed by atoms with E-state index in [2.05, 4.69) is 41.6 Å². The van der Waals surface area contributed by atoms with Crippen molar-refractivity contribution in [3.63, 3.8) is 0 Å². The van der Waals surface area contributed by atoms with E-state index in [1.165, 1.54) is 16.9 Å². The number of thiophene rings is 1. The van der Waals surface area contributed by atoms with Crippen LogP contribution in [0.2, 0.25) is 0 Å². The van der Waals surface area contributed by atoms with Crippen LogP contribution in [0.4, 0.5) is 0 Å². The molecule has 1 N–H and O–H groups in total. The van der Waals surface area contributed by atoms with E-state index >= 15 is 0 Å². The molecule has 1 aliphatic heterocycles. The van der Waals surface area contributed by atoms with Crippen molar-refractivity contribution in [3.05, 3.63) is 50.6 Å². The minimum Gasteiger partial charge on any atom is -0.354 e. The fourth-order valence-corrected chi connectivity index (χ4v) is 5.37. The van der Waals surface area contributed by atoms with Gasteiger partial charge < -0.3 is 5.32 Å². The first-order valence-corrected chi connectivity index (χ1v) is 12.1. The fraction of sp³-hybridized carbons (Fsp3) is 0.542. The summed E-state index contributed by atoms with van der Waals surface area (Å²) >= 11 is 1.82. The first-order chi connectivity index (χ1) is 14.8. The third-order valence-corrected chi connectivity index (χ3v) is 7.02. The molecule has 3 aromatic rings. The Balaban J connectivity index is 1.56. The number of aryl methyl sites for hydroxylation is 3. The molecule has 1 unspecified atom stereocenters. The number of amides is 1. The van der Waals surface area contributed by atoms with Gasteiger partial charge in [-0.2, -0.15) is 5.10 Å². The van der Waals surface area contributed by atoms with Crippen LogP contribution in [0.1, 0.15) is 72.2 Å². The fourth-order valence-electron chi connectivity index (χ4n) is 4.67. The van der Waals surface area contributed by atoms with Gasteiger partial charge in [-0.05, 0) is 83.0 Å². The van der Waals surface area contributed by atoms with Gasteiger partial charge in [0.25, 0.3) is 0 Å². The number of hydrogen-bond donors (Lipinski definition) is 1. The van der Waals surface area contributed by atoms with Crippen LogP contribution in [-0.2, 0) is 17.8 Å². The van der Waals surface area contributed by atoms with Gasteiger partial charge in [0, 0.05) is 41.3 Å². The van der Waals surface area contributed by atoms with E-state index in [1.807, 2.05) is 36.6 Å². The predicted molar refractivity (Wildman–Crippen MR) is 126 cm³/mol. The van der Waals surface area contributed by atoms with Crippen LogP contribution in [-0.4, -0.2) is 38.0 Å². The van der Waals surface area contributed by atoms with Gasteiger partial charge in [0.05, 0.1) is 11.7 Å². The van der Waals surface area contributed by atoms with E-state index in [4.69, 9.17) is 10.1 Å². The largest absolute Gasteiger partial charge is 0.354 e. The molecule has 1 aliphatic rings. The van der Waals surface area contributed by atoms with Crippen LogP contribution in [0.5, 0.6) is 0 Å². The molecular weight excluding hydrogens is 406 g/mol. The molecule has 0 aliphatic carbocycles. The van der Waals surface area contributed by atoms with Gasteiger partial charge in [-0.1, -0.05) is 0 Å². The number of fused-ring (bicyclic) bond motifs is 1. The smallest absolute Gasteiger partial charge is 0.220 e. The second kappa shape index (κ2) is 9.09. The minimum atomic E-state index is 0.0836. The van der Waals surface area contributed by atoms with E-state index in [9.17, 15) is 4.79 Å². The molecule has 4 rings (SSSR count). The first kappa shape index (κ1) is 22.0. The third kappa shape index (κ3) is 4.83. The van der Waals surface area contributed by atoms with Gasteiger partial charge in [0.1, 0.15) is 0 Å². The molecule has 1 saturated heterocycles. The van der Waals surface area contributed by atoms with Crippen molar-refractivity contribution in [3.8, 4) is 0 Å². The zero-order valence-electron chi connectivity index (χ0n) is 19.2. The number of hydrogen-bond acceptors (Lipinski definition) is 5. The maximum absolute atomic E-state index is 12.1. The molecule has 3 aromatic heterocycles. The molecule has 7 heteroatoms. The zero-order valence-corrected chi connectivity index (χ0v) is 20.1. The van der Waals surface area contributed by atoms with E-state index < -0.39 is 0 Å². The molecule has 1 fully saturated rings. The van der Waals surface area contributed by atoms with Crippen molar-refractivity contribution in [2.24, 2.45) is 0 Å². The van der Waals surface area contributed by atoms with Crippen molar-refractivity contribution < 1.29 is 4.79 Å². The SMILES string of the molecule is Cc1cc(CN2CCCC2c2cc3nc(C)c(CCC(=O)NC(C)C)c(C)n3n2)cs1. The Kier molecular flexibility index (Phi) is 6.44. The van der Waals surface area contributed by atoms with Gasteiger partial charge in [0.15, 0.2) is 5.65 Å². The summed E-state index contributed by atoms with van der Waals surface area (Å²) in [6.45, 7) is 12.3. The van der Waals surface area contributed by atoms with Crippen LogP contribution in [0, 0.1) is 20.8 Å². The lowest BCUT2D eigenvalue weighted by Gasteiger charge is -2.22. The van der Waals surface area contributed by atoms with Crippen LogP contribution in [0.25, 0.3) is 5.65 Å². The number of carbonyl (C=O) groups is 1. The lowest BCUT2D eigenvalue weighted by Crippen LogP contribution is -2.30. The van der Waals surface area contributed by atoms with Gasteiger partial charge in [-0.3, -0.25) is 9.69 Å². The molecule has 6 nitrogen and oxygen atoms in total. The topological polar surface area (TPSA) is 62.5 Å². The van der Waals surface area contributed by atoms with E-state index in [0.29, 0.717) is 18.9 Å². The van der Waals surface area contributed by atoms with Gasteiger partial charge in [-0.25, -0.2) is 9.50 Å². The molecular formula is C24H33N5OS. The summed E-state index contributed by atoms with van der Waals surface area (Å²) in [4.78, 5) is 20.9. The summed E-state index contributed by atoms with van der Waals surface area (Å²) < 4.78 is 1.98. The molecule has 31 heavy (non-hydrogen) atoms. The van der Waals surface area contributed by atoms with Crippen LogP contribution >= 0.6 is 11.3 Å². The average Bonchev–Trinajstić information content (AvgIpc) is 3.41. The van der Waals surface area contributed by atoms with Crippen LogP contribution < -0.4 is 5.32 Å². The highest BCUT2D eigenvalue weighted by molar-refractivity contribution is 7.10. The lowest BCUT2D eigenvalue weighted by atomic mass is 10.1. The van der Waals surface area contributed by atoms with Crippen LogP contribution in [0.3, 0.4) is 0 Å². The second-order valence-corrected chi connectivity index (χ2v) is 10.1. The van der Waals surface area contributed by atoms with Crippen molar-refractivity contribution >= 4 is 22.9 Å². The number of aromatic nitrogens is 3. The summed E-state index contributed by atoms with van der Waals surface area (Å²) in [5.74, 6) is 0.0836. The highest BCUT2D eigenvalue weighted by Gasteiger charge is 2.29. The van der Waals surface area contributed by atoms with Gasteiger partial charge >= 0.3 is 0 Å². The number of carbonyl (C=O) groups excluding carboxylic acids is 1. The molecule has 0 bridgehead atoms. The molecule has 1 atom stereocenters. The van der Waals surface area contributed by atoms with E-state index in [1.54, 1.807) is 0 Å². The van der Waals surface area contributed by atoms with Crippen LogP contribution in [0.15, 0.2) is 17.5 Å². The number of nitrogens with one attached hydrogen (secondary N) is 1. The molecule has 1 amide bonds. The van der Waals surface area contributed by atoms with E-state index in [-0.39, 0.29) is 11.9 Å². The maximum atomic E-state index is 12.1. The molecule has 4 heterocycles. The molecule has 166 valence electrons. The highest BCUT2D eigenvalue weighted by atomic mass is 32.1. The zero-order chi connectivity index (χ0) is 22.1. The Bertz CT molecular complexity index is 1080. The van der Waals surface area contributed by atoms with Gasteiger partial charge in [-0.15, -0.1) is 11.3 Å². The highest BCUT2D eigenvalue weighted by Crippen LogP contribution is 2.34. The molecule has 0 saturated carbocycles. The summed E-state index contributed by atoms with van der Waals surface area (Å²) in [7, 11) is 0. The number of likely N-dealkylation sites (tertiary alicyclic amines) is 1. The summed E-state index contributed by atoms with van der Waals surface area (Å²) in [5, 5.41) is 10.2. The third-order valence-electron chi connectivity index (χ3n) is 6.11. The number of nitrogens with zero attached hydrogens (tertiary/aromatic N) is 4. The Morgan fingerprint density at radius 2 is 2.10 bits per heavy atom.